The highest BCUT2D eigenvalue weighted by atomic mass is 15.0. The first-order valence-corrected chi connectivity index (χ1v) is 17.3. The minimum Gasteiger partial charge on any atom is -0.208 e. The monoisotopic (exact) mass is 651 g/mol. The van der Waals surface area contributed by atoms with Crippen molar-refractivity contribution in [3.63, 3.8) is 0 Å². The number of hydrogen-bond donors (Lipinski definition) is 0. The molecule has 8 aromatic carbocycles. The van der Waals surface area contributed by atoms with E-state index in [9.17, 15) is 0 Å². The number of rotatable bonds is 6. The normalized spacial score (nSPS) is 11.2. The van der Waals surface area contributed by atoms with Gasteiger partial charge in [-0.05, 0) is 74.0 Å². The lowest BCUT2D eigenvalue weighted by Crippen LogP contribution is -2.00. The molecule has 3 nitrogen and oxygen atoms in total. The second kappa shape index (κ2) is 13.0. The zero-order valence-electron chi connectivity index (χ0n) is 28.2. The molecule has 51 heavy (non-hydrogen) atoms. The molecule has 3 heteroatoms. The van der Waals surface area contributed by atoms with E-state index in [0.717, 1.165) is 27.8 Å². The molecule has 1 heterocycles. The Hall–Kier alpha value is -6.71. The molecular formula is C48H33N3. The van der Waals surface area contributed by atoms with Gasteiger partial charge in [0, 0.05) is 16.7 Å². The van der Waals surface area contributed by atoms with E-state index in [1.165, 1.54) is 49.4 Å². The van der Waals surface area contributed by atoms with E-state index in [1.54, 1.807) is 0 Å². The van der Waals surface area contributed by atoms with E-state index in [1.807, 2.05) is 18.2 Å². The lowest BCUT2D eigenvalue weighted by Gasteiger charge is -2.18. The highest BCUT2D eigenvalue weighted by molar-refractivity contribution is 6.21. The van der Waals surface area contributed by atoms with Crippen LogP contribution in [0.4, 0.5) is 0 Å². The first-order valence-electron chi connectivity index (χ1n) is 17.3. The van der Waals surface area contributed by atoms with Gasteiger partial charge >= 0.3 is 0 Å². The molecule has 0 amide bonds. The molecule has 9 rings (SSSR count). The van der Waals surface area contributed by atoms with Crippen molar-refractivity contribution < 1.29 is 0 Å². The van der Waals surface area contributed by atoms with Crippen LogP contribution in [0.25, 0.3) is 89.1 Å². The van der Waals surface area contributed by atoms with E-state index in [4.69, 9.17) is 15.0 Å². The van der Waals surface area contributed by atoms with Crippen molar-refractivity contribution in [1.29, 1.82) is 0 Å². The van der Waals surface area contributed by atoms with Crippen molar-refractivity contribution in [2.24, 2.45) is 0 Å². The quantitative estimate of drug-likeness (QED) is 0.168. The first-order chi connectivity index (χ1) is 25.2. The molecule has 0 unspecified atom stereocenters. The van der Waals surface area contributed by atoms with Crippen LogP contribution in [-0.2, 0) is 0 Å². The van der Waals surface area contributed by atoms with Crippen molar-refractivity contribution in [1.82, 2.24) is 15.0 Å². The van der Waals surface area contributed by atoms with Crippen LogP contribution in [0.2, 0.25) is 0 Å². The number of fused-ring (bicyclic) bond motifs is 2. The summed E-state index contributed by atoms with van der Waals surface area (Å²) in [5.41, 5.74) is 11.1. The van der Waals surface area contributed by atoms with E-state index >= 15 is 0 Å². The van der Waals surface area contributed by atoms with Crippen LogP contribution < -0.4 is 0 Å². The summed E-state index contributed by atoms with van der Waals surface area (Å²) >= 11 is 0. The zero-order valence-corrected chi connectivity index (χ0v) is 28.2. The van der Waals surface area contributed by atoms with Gasteiger partial charge in [-0.25, -0.2) is 15.0 Å². The van der Waals surface area contributed by atoms with E-state index in [0.29, 0.717) is 17.5 Å². The van der Waals surface area contributed by atoms with Crippen LogP contribution in [0, 0.1) is 6.92 Å². The number of aryl methyl sites for hydroxylation is 1. The minimum absolute atomic E-state index is 0.635. The van der Waals surface area contributed by atoms with Gasteiger partial charge in [-0.15, -0.1) is 0 Å². The van der Waals surface area contributed by atoms with E-state index < -0.39 is 0 Å². The Morgan fingerprint density at radius 1 is 0.275 bits per heavy atom. The highest BCUT2D eigenvalue weighted by Gasteiger charge is 2.18. The average Bonchev–Trinajstić information content (AvgIpc) is 3.20. The van der Waals surface area contributed by atoms with Crippen LogP contribution in [0.1, 0.15) is 5.56 Å². The summed E-state index contributed by atoms with van der Waals surface area (Å²) in [6.45, 7) is 2.12. The molecule has 9 aromatic rings. The first kappa shape index (κ1) is 30.4. The molecule has 0 saturated heterocycles. The topological polar surface area (TPSA) is 38.7 Å². The number of nitrogens with zero attached hydrogens (tertiary/aromatic N) is 3. The molecule has 0 aliphatic rings. The Morgan fingerprint density at radius 3 is 1.16 bits per heavy atom. The molecule has 0 saturated carbocycles. The minimum atomic E-state index is 0.635. The molecular weight excluding hydrogens is 619 g/mol. The van der Waals surface area contributed by atoms with Gasteiger partial charge in [0.15, 0.2) is 17.5 Å². The third-order valence-corrected chi connectivity index (χ3v) is 9.54. The van der Waals surface area contributed by atoms with E-state index in [-0.39, 0.29) is 0 Å². The molecule has 0 spiro atoms. The zero-order chi connectivity index (χ0) is 34.1. The van der Waals surface area contributed by atoms with Gasteiger partial charge in [0.05, 0.1) is 0 Å². The second-order valence-electron chi connectivity index (χ2n) is 12.9. The largest absolute Gasteiger partial charge is 0.208 e. The van der Waals surface area contributed by atoms with Crippen molar-refractivity contribution >= 4 is 21.5 Å². The SMILES string of the molecule is Cc1cccc(-c2cccc(-c3nc(-c4ccccc4)nc(-c4cccc(-c5c6ccccc6c(-c6ccccc6)c6ccccc56)c4)n3)c2)c1. The van der Waals surface area contributed by atoms with Crippen molar-refractivity contribution in [3.05, 3.63) is 188 Å². The molecule has 0 atom stereocenters. The van der Waals surface area contributed by atoms with Gasteiger partial charge in [-0.3, -0.25) is 0 Å². The third kappa shape index (κ3) is 5.75. The highest BCUT2D eigenvalue weighted by Crippen LogP contribution is 2.44. The summed E-state index contributed by atoms with van der Waals surface area (Å²) < 4.78 is 0. The molecule has 0 N–H and O–H groups in total. The fraction of sp³-hybridized carbons (Fsp3) is 0.0208. The van der Waals surface area contributed by atoms with Gasteiger partial charge in [-0.2, -0.15) is 0 Å². The molecule has 240 valence electrons. The van der Waals surface area contributed by atoms with Crippen LogP contribution in [-0.4, -0.2) is 15.0 Å². The lowest BCUT2D eigenvalue weighted by atomic mass is 9.86. The predicted octanol–water partition coefficient (Wildman–Crippen LogP) is 12.5. The second-order valence-corrected chi connectivity index (χ2v) is 12.9. The molecule has 1 aromatic heterocycles. The maximum atomic E-state index is 5.14. The van der Waals surface area contributed by atoms with Gasteiger partial charge in [0.1, 0.15) is 0 Å². The van der Waals surface area contributed by atoms with Gasteiger partial charge in [-0.1, -0.05) is 175 Å². The molecule has 0 aliphatic carbocycles. The number of benzene rings is 8. The molecule has 0 aliphatic heterocycles. The molecule has 0 fully saturated rings. The summed E-state index contributed by atoms with van der Waals surface area (Å²) in [6, 6.07) is 64.0. The van der Waals surface area contributed by atoms with Crippen LogP contribution >= 0.6 is 0 Å². The summed E-state index contributed by atoms with van der Waals surface area (Å²) in [5.74, 6) is 1.92. The number of hydrogen-bond acceptors (Lipinski definition) is 3. The summed E-state index contributed by atoms with van der Waals surface area (Å²) in [7, 11) is 0. The van der Waals surface area contributed by atoms with Gasteiger partial charge in [0.25, 0.3) is 0 Å². The molecule has 0 bridgehead atoms. The fourth-order valence-corrected chi connectivity index (χ4v) is 7.18. The maximum absolute atomic E-state index is 5.14. The summed E-state index contributed by atoms with van der Waals surface area (Å²) in [4.78, 5) is 15.3. The predicted molar refractivity (Wildman–Crippen MR) is 212 cm³/mol. The van der Waals surface area contributed by atoms with Crippen LogP contribution in [0.15, 0.2) is 182 Å². The Kier molecular flexibility index (Phi) is 7.71. The van der Waals surface area contributed by atoms with Crippen molar-refractivity contribution in [2.75, 3.05) is 0 Å². The summed E-state index contributed by atoms with van der Waals surface area (Å²) in [6.07, 6.45) is 0. The van der Waals surface area contributed by atoms with Gasteiger partial charge in [0.2, 0.25) is 0 Å². The Balaban J connectivity index is 1.23. The number of aromatic nitrogens is 3. The summed E-state index contributed by atoms with van der Waals surface area (Å²) in [5, 5.41) is 4.87. The fourth-order valence-electron chi connectivity index (χ4n) is 7.18. The van der Waals surface area contributed by atoms with Crippen molar-refractivity contribution in [2.45, 2.75) is 6.92 Å². The maximum Gasteiger partial charge on any atom is 0.164 e. The Morgan fingerprint density at radius 2 is 0.627 bits per heavy atom. The standard InChI is InChI=1S/C48H33N3/c1-32-15-12-20-35(29-32)36-21-13-23-38(30-36)47-49-46(34-18-6-3-7-19-34)50-48(51-47)39-24-14-22-37(31-39)45-42-27-10-8-25-40(42)44(33-16-4-2-5-17-33)41-26-9-11-28-43(41)45/h2-31H,1H3. The Bertz CT molecular complexity index is 2640. The third-order valence-electron chi connectivity index (χ3n) is 9.54. The molecule has 0 radical (unpaired) electrons. The lowest BCUT2D eigenvalue weighted by molar-refractivity contribution is 1.07. The Labute approximate surface area is 297 Å². The van der Waals surface area contributed by atoms with Crippen LogP contribution in [0.3, 0.4) is 0 Å². The van der Waals surface area contributed by atoms with Gasteiger partial charge < -0.3 is 0 Å². The van der Waals surface area contributed by atoms with E-state index in [2.05, 4.69) is 171 Å². The van der Waals surface area contributed by atoms with Crippen molar-refractivity contribution in [3.8, 4) is 67.5 Å². The smallest absolute Gasteiger partial charge is 0.164 e. The average molecular weight is 652 g/mol. The van der Waals surface area contributed by atoms with Crippen LogP contribution in [0.5, 0.6) is 0 Å².